The second-order valence-corrected chi connectivity index (χ2v) is 5.22. The summed E-state index contributed by atoms with van der Waals surface area (Å²) in [6.07, 6.45) is 0. The molecular weight excluding hydrogens is 258 g/mol. The van der Waals surface area contributed by atoms with Crippen LogP contribution in [0.25, 0.3) is 0 Å². The van der Waals surface area contributed by atoms with Crippen molar-refractivity contribution in [1.29, 1.82) is 0 Å². The fourth-order valence-electron chi connectivity index (χ4n) is 1.60. The normalized spacial score (nSPS) is 10.2. The van der Waals surface area contributed by atoms with Crippen LogP contribution in [0.2, 0.25) is 0 Å². The molecule has 0 aliphatic heterocycles. The van der Waals surface area contributed by atoms with Gasteiger partial charge in [0.05, 0.1) is 11.4 Å². The first-order valence-electron chi connectivity index (χ1n) is 5.92. The summed E-state index contributed by atoms with van der Waals surface area (Å²) in [5, 5.41) is 12.4. The molecule has 0 bridgehead atoms. The molecule has 0 fully saturated rings. The first kappa shape index (κ1) is 13.5. The van der Waals surface area contributed by atoms with Crippen LogP contribution >= 0.6 is 11.8 Å². The predicted octanol–water partition coefficient (Wildman–Crippen LogP) is 3.43. The highest BCUT2D eigenvalue weighted by Gasteiger charge is 2.07. The van der Waals surface area contributed by atoms with Crippen molar-refractivity contribution in [3.8, 4) is 5.75 Å². The first-order valence-corrected chi connectivity index (χ1v) is 6.91. The number of carbonyl (C=O) groups excluding carboxylic acids is 1. The molecule has 0 atom stereocenters. The summed E-state index contributed by atoms with van der Waals surface area (Å²) >= 11 is 1.46. The number of thioether (sulfide) groups is 1. The summed E-state index contributed by atoms with van der Waals surface area (Å²) in [4.78, 5) is 12.8. The van der Waals surface area contributed by atoms with E-state index in [4.69, 9.17) is 0 Å². The number of carbonyl (C=O) groups is 1. The molecule has 98 valence electrons. The first-order chi connectivity index (χ1) is 9.15. The SMILES string of the molecule is Cc1ccc(NC(=O)CSc2ccccc2)c(O)c1. The van der Waals surface area contributed by atoms with E-state index in [1.54, 1.807) is 12.1 Å². The quantitative estimate of drug-likeness (QED) is 0.663. The van der Waals surface area contributed by atoms with Gasteiger partial charge in [0.25, 0.3) is 0 Å². The molecule has 4 heteroatoms. The molecule has 0 saturated heterocycles. The van der Waals surface area contributed by atoms with Gasteiger partial charge in [-0.05, 0) is 36.8 Å². The van der Waals surface area contributed by atoms with Crippen LogP contribution < -0.4 is 5.32 Å². The molecule has 0 aromatic heterocycles. The molecule has 3 nitrogen and oxygen atoms in total. The third kappa shape index (κ3) is 4.03. The van der Waals surface area contributed by atoms with Gasteiger partial charge in [0.1, 0.15) is 5.75 Å². The van der Waals surface area contributed by atoms with E-state index in [0.29, 0.717) is 11.4 Å². The monoisotopic (exact) mass is 273 g/mol. The molecule has 19 heavy (non-hydrogen) atoms. The second-order valence-electron chi connectivity index (χ2n) is 4.17. The smallest absolute Gasteiger partial charge is 0.234 e. The van der Waals surface area contributed by atoms with Crippen molar-refractivity contribution in [2.24, 2.45) is 0 Å². The molecular formula is C15H15NO2S. The number of rotatable bonds is 4. The molecule has 0 aliphatic carbocycles. The van der Waals surface area contributed by atoms with Gasteiger partial charge in [0.15, 0.2) is 0 Å². The number of hydrogen-bond donors (Lipinski definition) is 2. The van der Waals surface area contributed by atoms with E-state index in [1.807, 2.05) is 43.3 Å². The highest BCUT2D eigenvalue weighted by atomic mass is 32.2. The van der Waals surface area contributed by atoms with Crippen LogP contribution in [0.5, 0.6) is 5.75 Å². The number of phenolic OH excluding ortho intramolecular Hbond substituents is 1. The highest BCUT2D eigenvalue weighted by Crippen LogP contribution is 2.24. The van der Waals surface area contributed by atoms with Crippen LogP contribution in [0.3, 0.4) is 0 Å². The van der Waals surface area contributed by atoms with Crippen molar-refractivity contribution in [1.82, 2.24) is 0 Å². The van der Waals surface area contributed by atoms with Crippen molar-refractivity contribution in [3.63, 3.8) is 0 Å². The highest BCUT2D eigenvalue weighted by molar-refractivity contribution is 8.00. The van der Waals surface area contributed by atoms with Crippen LogP contribution in [0.4, 0.5) is 5.69 Å². The van der Waals surface area contributed by atoms with Gasteiger partial charge in [0, 0.05) is 4.90 Å². The Kier molecular flexibility index (Phi) is 4.47. The zero-order valence-corrected chi connectivity index (χ0v) is 11.4. The Bertz CT molecular complexity index is 570. The number of anilines is 1. The lowest BCUT2D eigenvalue weighted by Crippen LogP contribution is -2.14. The Morgan fingerprint density at radius 1 is 1.21 bits per heavy atom. The topological polar surface area (TPSA) is 49.3 Å². The number of hydrogen-bond acceptors (Lipinski definition) is 3. The zero-order valence-electron chi connectivity index (χ0n) is 10.6. The van der Waals surface area contributed by atoms with Crippen molar-refractivity contribution in [3.05, 3.63) is 54.1 Å². The van der Waals surface area contributed by atoms with Crippen LogP contribution in [-0.4, -0.2) is 16.8 Å². The predicted molar refractivity (Wildman–Crippen MR) is 78.6 cm³/mol. The van der Waals surface area contributed by atoms with Gasteiger partial charge in [-0.15, -0.1) is 11.8 Å². The van der Waals surface area contributed by atoms with Crippen LogP contribution in [0.1, 0.15) is 5.56 Å². The molecule has 0 spiro atoms. The number of aryl methyl sites for hydroxylation is 1. The third-order valence-corrected chi connectivity index (χ3v) is 3.55. The van der Waals surface area contributed by atoms with Crippen molar-refractivity contribution in [2.75, 3.05) is 11.1 Å². The average molecular weight is 273 g/mol. The number of aromatic hydroxyl groups is 1. The Hall–Kier alpha value is -1.94. The zero-order chi connectivity index (χ0) is 13.7. The minimum absolute atomic E-state index is 0.0954. The van der Waals surface area contributed by atoms with E-state index in [2.05, 4.69) is 5.32 Å². The molecule has 2 aromatic carbocycles. The maximum absolute atomic E-state index is 11.8. The van der Waals surface area contributed by atoms with Gasteiger partial charge in [-0.2, -0.15) is 0 Å². The molecule has 0 unspecified atom stereocenters. The van der Waals surface area contributed by atoms with Gasteiger partial charge in [-0.1, -0.05) is 24.3 Å². The summed E-state index contributed by atoms with van der Waals surface area (Å²) in [6.45, 7) is 1.89. The fourth-order valence-corrected chi connectivity index (χ4v) is 2.32. The Labute approximate surface area is 116 Å². The second kappa shape index (κ2) is 6.29. The van der Waals surface area contributed by atoms with E-state index in [9.17, 15) is 9.90 Å². The van der Waals surface area contributed by atoms with Crippen molar-refractivity contribution >= 4 is 23.4 Å². The van der Waals surface area contributed by atoms with Crippen molar-refractivity contribution < 1.29 is 9.90 Å². The van der Waals surface area contributed by atoms with Gasteiger partial charge >= 0.3 is 0 Å². The van der Waals surface area contributed by atoms with E-state index < -0.39 is 0 Å². The largest absolute Gasteiger partial charge is 0.506 e. The van der Waals surface area contributed by atoms with Gasteiger partial charge < -0.3 is 10.4 Å². The fraction of sp³-hybridized carbons (Fsp3) is 0.133. The summed E-state index contributed by atoms with van der Waals surface area (Å²) < 4.78 is 0. The number of benzene rings is 2. The maximum Gasteiger partial charge on any atom is 0.234 e. The van der Waals surface area contributed by atoms with E-state index >= 15 is 0 Å². The molecule has 0 aliphatic rings. The summed E-state index contributed by atoms with van der Waals surface area (Å²) in [7, 11) is 0. The van der Waals surface area contributed by atoms with Crippen LogP contribution in [-0.2, 0) is 4.79 Å². The van der Waals surface area contributed by atoms with Crippen molar-refractivity contribution in [2.45, 2.75) is 11.8 Å². The minimum atomic E-state index is -0.131. The molecule has 2 aromatic rings. The van der Waals surface area contributed by atoms with E-state index in [-0.39, 0.29) is 11.7 Å². The van der Waals surface area contributed by atoms with E-state index in [0.717, 1.165) is 10.5 Å². The molecule has 2 rings (SSSR count). The Morgan fingerprint density at radius 3 is 2.63 bits per heavy atom. The molecule has 0 saturated carbocycles. The van der Waals surface area contributed by atoms with Crippen LogP contribution in [0, 0.1) is 6.92 Å². The van der Waals surface area contributed by atoms with Crippen LogP contribution in [0.15, 0.2) is 53.4 Å². The standard InChI is InChI=1S/C15H15NO2S/c1-11-7-8-13(14(17)9-11)16-15(18)10-19-12-5-3-2-4-6-12/h2-9,17H,10H2,1H3,(H,16,18). The minimum Gasteiger partial charge on any atom is -0.506 e. The van der Waals surface area contributed by atoms with Gasteiger partial charge in [0.2, 0.25) is 5.91 Å². The molecule has 0 radical (unpaired) electrons. The van der Waals surface area contributed by atoms with Gasteiger partial charge in [-0.25, -0.2) is 0 Å². The summed E-state index contributed by atoms with van der Waals surface area (Å²) in [6, 6.07) is 14.9. The average Bonchev–Trinajstić information content (AvgIpc) is 2.41. The lowest BCUT2D eigenvalue weighted by atomic mass is 10.2. The Balaban J connectivity index is 1.91. The summed E-state index contributed by atoms with van der Waals surface area (Å²) in [5.41, 5.74) is 1.40. The number of amides is 1. The lowest BCUT2D eigenvalue weighted by Gasteiger charge is -2.07. The van der Waals surface area contributed by atoms with Gasteiger partial charge in [-0.3, -0.25) is 4.79 Å². The molecule has 2 N–H and O–H groups in total. The Morgan fingerprint density at radius 2 is 1.95 bits per heavy atom. The molecule has 1 amide bonds. The molecule has 0 heterocycles. The maximum atomic E-state index is 11.8. The number of nitrogens with one attached hydrogen (secondary N) is 1. The summed E-state index contributed by atoms with van der Waals surface area (Å²) in [5.74, 6) is 0.281. The third-order valence-electron chi connectivity index (χ3n) is 2.54. The lowest BCUT2D eigenvalue weighted by molar-refractivity contribution is -0.113. The number of phenols is 1. The van der Waals surface area contributed by atoms with E-state index in [1.165, 1.54) is 11.8 Å².